The van der Waals surface area contributed by atoms with Crippen LogP contribution < -0.4 is 10.6 Å². The predicted molar refractivity (Wildman–Crippen MR) is 103 cm³/mol. The van der Waals surface area contributed by atoms with Gasteiger partial charge in [-0.3, -0.25) is 14.7 Å². The fourth-order valence-corrected chi connectivity index (χ4v) is 3.66. The monoisotopic (exact) mass is 362 g/mol. The highest BCUT2D eigenvalue weighted by Gasteiger charge is 2.27. The Balaban J connectivity index is 1.44. The summed E-state index contributed by atoms with van der Waals surface area (Å²) in [6, 6.07) is 12.9. The van der Waals surface area contributed by atoms with Gasteiger partial charge in [-0.2, -0.15) is 5.10 Å². The van der Waals surface area contributed by atoms with Crippen LogP contribution in [-0.2, 0) is 11.2 Å². The third kappa shape index (κ3) is 3.43. The lowest BCUT2D eigenvalue weighted by atomic mass is 10.1. The molecule has 2 aromatic carbocycles. The van der Waals surface area contributed by atoms with Crippen LogP contribution in [0.15, 0.2) is 48.7 Å². The summed E-state index contributed by atoms with van der Waals surface area (Å²) in [5.74, 6) is -0.399. The molecule has 6 heteroatoms. The zero-order valence-electron chi connectivity index (χ0n) is 15.2. The average molecular weight is 362 g/mol. The summed E-state index contributed by atoms with van der Waals surface area (Å²) in [7, 11) is 0. The highest BCUT2D eigenvalue weighted by molar-refractivity contribution is 6.00. The van der Waals surface area contributed by atoms with E-state index in [1.165, 1.54) is 11.1 Å². The molecule has 0 aliphatic heterocycles. The number of amides is 2. The van der Waals surface area contributed by atoms with Crippen LogP contribution in [-0.4, -0.2) is 28.1 Å². The molecule has 1 aliphatic rings. The minimum atomic E-state index is -0.565. The Morgan fingerprint density at radius 2 is 2.11 bits per heavy atom. The minimum Gasteiger partial charge on any atom is -0.347 e. The van der Waals surface area contributed by atoms with E-state index in [9.17, 15) is 9.59 Å². The van der Waals surface area contributed by atoms with Gasteiger partial charge in [-0.15, -0.1) is 0 Å². The fourth-order valence-electron chi connectivity index (χ4n) is 3.66. The number of carbonyl (C=O) groups excluding carboxylic acids is 2. The average Bonchev–Trinajstić information content (AvgIpc) is 3.32. The number of hydrogen-bond acceptors (Lipinski definition) is 3. The Morgan fingerprint density at radius 1 is 1.26 bits per heavy atom. The lowest BCUT2D eigenvalue weighted by Crippen LogP contribution is -2.47. The molecule has 0 radical (unpaired) electrons. The minimum absolute atomic E-state index is 0.0157. The summed E-state index contributed by atoms with van der Waals surface area (Å²) in [6.07, 6.45) is 4.06. The van der Waals surface area contributed by atoms with Crippen LogP contribution in [0.1, 0.15) is 47.3 Å². The number of aryl methyl sites for hydroxylation is 1. The van der Waals surface area contributed by atoms with E-state index < -0.39 is 6.04 Å². The smallest absolute Gasteiger partial charge is 0.251 e. The van der Waals surface area contributed by atoms with E-state index in [4.69, 9.17) is 0 Å². The molecule has 2 amide bonds. The van der Waals surface area contributed by atoms with E-state index in [-0.39, 0.29) is 17.9 Å². The van der Waals surface area contributed by atoms with Gasteiger partial charge in [0.05, 0.1) is 17.8 Å². The normalized spacial score (nSPS) is 16.7. The first-order chi connectivity index (χ1) is 13.2. The SMILES string of the molecule is CC[C@@H](NC(=O)c1ccc2[nH]ncc2c1)C(=O)NC1CCc2ccccc21. The van der Waals surface area contributed by atoms with E-state index in [0.717, 1.165) is 23.7 Å². The Bertz CT molecular complexity index is 995. The van der Waals surface area contributed by atoms with Crippen LogP contribution in [0.2, 0.25) is 0 Å². The van der Waals surface area contributed by atoms with Gasteiger partial charge in [0.1, 0.15) is 6.04 Å². The lowest BCUT2D eigenvalue weighted by molar-refractivity contribution is -0.123. The molecule has 6 nitrogen and oxygen atoms in total. The van der Waals surface area contributed by atoms with E-state index >= 15 is 0 Å². The van der Waals surface area contributed by atoms with Crippen molar-refractivity contribution in [3.8, 4) is 0 Å². The van der Waals surface area contributed by atoms with Gasteiger partial charge < -0.3 is 10.6 Å². The number of nitrogens with zero attached hydrogens (tertiary/aromatic N) is 1. The standard InChI is InChI=1S/C21H22N4O2/c1-2-17(21(27)24-19-10-7-13-5-3-4-6-16(13)19)23-20(26)14-8-9-18-15(11-14)12-22-25-18/h3-6,8-9,11-12,17,19H,2,7,10H2,1H3,(H,22,25)(H,23,26)(H,24,27)/t17-,19?/m1/s1. The second-order valence-corrected chi connectivity index (χ2v) is 6.90. The van der Waals surface area contributed by atoms with Crippen LogP contribution in [0.3, 0.4) is 0 Å². The first-order valence-corrected chi connectivity index (χ1v) is 9.28. The molecule has 0 saturated carbocycles. The summed E-state index contributed by atoms with van der Waals surface area (Å²) in [5.41, 5.74) is 3.85. The van der Waals surface area contributed by atoms with Crippen molar-refractivity contribution < 1.29 is 9.59 Å². The number of carbonyl (C=O) groups is 2. The molecular formula is C21H22N4O2. The Morgan fingerprint density at radius 3 is 2.96 bits per heavy atom. The van der Waals surface area contributed by atoms with Crippen LogP contribution >= 0.6 is 0 Å². The molecule has 2 atom stereocenters. The van der Waals surface area contributed by atoms with Crippen molar-refractivity contribution in [3.63, 3.8) is 0 Å². The first-order valence-electron chi connectivity index (χ1n) is 9.28. The number of H-pyrrole nitrogens is 1. The maximum atomic E-state index is 12.7. The third-order valence-electron chi connectivity index (χ3n) is 5.18. The highest BCUT2D eigenvalue weighted by atomic mass is 16.2. The van der Waals surface area contributed by atoms with Gasteiger partial charge in [-0.1, -0.05) is 31.2 Å². The van der Waals surface area contributed by atoms with Gasteiger partial charge in [0.2, 0.25) is 5.91 Å². The van der Waals surface area contributed by atoms with Gasteiger partial charge in [-0.25, -0.2) is 0 Å². The molecule has 0 spiro atoms. The topological polar surface area (TPSA) is 86.9 Å². The van der Waals surface area contributed by atoms with Crippen molar-refractivity contribution >= 4 is 22.7 Å². The largest absolute Gasteiger partial charge is 0.347 e. The van der Waals surface area contributed by atoms with Crippen LogP contribution in [0.5, 0.6) is 0 Å². The first kappa shape index (κ1) is 17.3. The zero-order valence-corrected chi connectivity index (χ0v) is 15.2. The third-order valence-corrected chi connectivity index (χ3v) is 5.18. The lowest BCUT2D eigenvalue weighted by Gasteiger charge is -2.20. The van der Waals surface area contributed by atoms with Gasteiger partial charge in [0.15, 0.2) is 0 Å². The highest BCUT2D eigenvalue weighted by Crippen LogP contribution is 2.30. The summed E-state index contributed by atoms with van der Waals surface area (Å²) in [5, 5.41) is 13.6. The zero-order chi connectivity index (χ0) is 18.8. The number of fused-ring (bicyclic) bond motifs is 2. The van der Waals surface area contributed by atoms with Gasteiger partial charge >= 0.3 is 0 Å². The van der Waals surface area contributed by atoms with Crippen molar-refractivity contribution in [2.24, 2.45) is 0 Å². The Kier molecular flexibility index (Phi) is 4.62. The second-order valence-electron chi connectivity index (χ2n) is 6.90. The Hall–Kier alpha value is -3.15. The maximum Gasteiger partial charge on any atom is 0.251 e. The van der Waals surface area contributed by atoms with Crippen molar-refractivity contribution in [1.82, 2.24) is 20.8 Å². The molecule has 3 N–H and O–H groups in total. The van der Waals surface area contributed by atoms with E-state index in [1.807, 2.05) is 25.1 Å². The van der Waals surface area contributed by atoms with E-state index in [1.54, 1.807) is 18.3 Å². The number of aromatic nitrogens is 2. The van der Waals surface area contributed by atoms with E-state index in [2.05, 4.69) is 33.0 Å². The maximum absolute atomic E-state index is 12.7. The van der Waals surface area contributed by atoms with Crippen LogP contribution in [0, 0.1) is 0 Å². The molecule has 0 bridgehead atoms. The molecule has 1 heterocycles. The number of aromatic amines is 1. The molecule has 0 fully saturated rings. The van der Waals surface area contributed by atoms with E-state index in [0.29, 0.717) is 12.0 Å². The molecule has 138 valence electrons. The number of hydrogen-bond donors (Lipinski definition) is 3. The summed E-state index contributed by atoms with van der Waals surface area (Å²) in [6.45, 7) is 1.90. The molecule has 1 aliphatic carbocycles. The van der Waals surface area contributed by atoms with Gasteiger partial charge in [-0.05, 0) is 48.6 Å². The molecular weight excluding hydrogens is 340 g/mol. The fraction of sp³-hybridized carbons (Fsp3) is 0.286. The molecule has 4 rings (SSSR count). The predicted octanol–water partition coefficient (Wildman–Crippen LogP) is 2.88. The summed E-state index contributed by atoms with van der Waals surface area (Å²) in [4.78, 5) is 25.3. The summed E-state index contributed by atoms with van der Waals surface area (Å²) < 4.78 is 0. The molecule has 1 aromatic heterocycles. The van der Waals surface area contributed by atoms with Gasteiger partial charge in [0.25, 0.3) is 5.91 Å². The van der Waals surface area contributed by atoms with Crippen molar-refractivity contribution in [2.75, 3.05) is 0 Å². The summed E-state index contributed by atoms with van der Waals surface area (Å²) >= 11 is 0. The van der Waals surface area contributed by atoms with Gasteiger partial charge in [0, 0.05) is 10.9 Å². The quantitative estimate of drug-likeness (QED) is 0.652. The molecule has 3 aromatic rings. The molecule has 0 saturated heterocycles. The molecule has 1 unspecified atom stereocenters. The molecule has 27 heavy (non-hydrogen) atoms. The van der Waals surface area contributed by atoms with Crippen LogP contribution in [0.4, 0.5) is 0 Å². The van der Waals surface area contributed by atoms with Crippen molar-refractivity contribution in [2.45, 2.75) is 38.3 Å². The second kappa shape index (κ2) is 7.23. The number of nitrogens with one attached hydrogen (secondary N) is 3. The van der Waals surface area contributed by atoms with Crippen LogP contribution in [0.25, 0.3) is 10.9 Å². The number of rotatable bonds is 5. The van der Waals surface area contributed by atoms with Crippen molar-refractivity contribution in [3.05, 3.63) is 65.4 Å². The van der Waals surface area contributed by atoms with Crippen molar-refractivity contribution in [1.29, 1.82) is 0 Å². The Labute approximate surface area is 157 Å². The number of benzene rings is 2.